The van der Waals surface area contributed by atoms with Gasteiger partial charge >= 0.3 is 0 Å². The molecule has 5 rings (SSSR count). The van der Waals surface area contributed by atoms with Crippen molar-refractivity contribution < 1.29 is 10.2 Å². The lowest BCUT2D eigenvalue weighted by molar-refractivity contribution is 0.0992. The predicted octanol–water partition coefficient (Wildman–Crippen LogP) is 5.48. The Hall–Kier alpha value is -3.49. The summed E-state index contributed by atoms with van der Waals surface area (Å²) in [4.78, 5) is 0. The molecule has 0 bridgehead atoms. The molecule has 2 nitrogen and oxygen atoms in total. The smallest absolute Gasteiger partial charge is 0.144 e. The van der Waals surface area contributed by atoms with Gasteiger partial charge in [-0.25, -0.2) is 0 Å². The minimum Gasteiger partial charge on any atom is -0.377 e. The van der Waals surface area contributed by atoms with Gasteiger partial charge < -0.3 is 10.2 Å². The van der Waals surface area contributed by atoms with Crippen LogP contribution in [0.5, 0.6) is 0 Å². The van der Waals surface area contributed by atoms with Gasteiger partial charge in [0.15, 0.2) is 0 Å². The molecule has 0 radical (unpaired) electrons. The van der Waals surface area contributed by atoms with Crippen molar-refractivity contribution >= 4 is 20.0 Å². The van der Waals surface area contributed by atoms with Gasteiger partial charge in [0.25, 0.3) is 0 Å². The average molecular weight is 516 g/mol. The first kappa shape index (κ1) is 26.1. The largest absolute Gasteiger partial charge is 0.377 e. The third-order valence-electron chi connectivity index (χ3n) is 6.97. The summed E-state index contributed by atoms with van der Waals surface area (Å²) in [7, 11) is -2.33. The molecule has 38 heavy (non-hydrogen) atoms. The first-order chi connectivity index (χ1) is 18.4. The van der Waals surface area contributed by atoms with E-state index in [1.807, 2.05) is 121 Å². The number of hydrogen-bond donors (Lipinski definition) is 2. The van der Waals surface area contributed by atoms with E-state index in [1.54, 1.807) is 0 Å². The number of benzene rings is 5. The van der Waals surface area contributed by atoms with Crippen molar-refractivity contribution in [1.29, 1.82) is 0 Å². The molecular weight excluding hydrogens is 482 g/mol. The Kier molecular flexibility index (Phi) is 7.63. The van der Waals surface area contributed by atoms with Gasteiger partial charge in [-0.05, 0) is 34.4 Å². The Morgan fingerprint density at radius 1 is 0.421 bits per heavy atom. The fraction of sp³-hybridized carbons (Fsp3) is 0.118. The normalized spacial score (nSPS) is 12.3. The van der Waals surface area contributed by atoms with Crippen LogP contribution >= 0.6 is 7.14 Å². The Morgan fingerprint density at radius 2 is 0.658 bits per heavy atom. The molecule has 0 heterocycles. The fourth-order valence-corrected chi connectivity index (χ4v) is 7.89. The molecular formula is C34H34BO2P. The minimum atomic E-state index is -1.98. The summed E-state index contributed by atoms with van der Waals surface area (Å²) in [6.45, 7) is 0. The van der Waals surface area contributed by atoms with Gasteiger partial charge in [0.1, 0.15) is 18.8 Å². The van der Waals surface area contributed by atoms with Crippen LogP contribution in [0, 0.1) is 0 Å². The molecule has 0 saturated heterocycles. The van der Waals surface area contributed by atoms with Gasteiger partial charge in [0.05, 0.1) is 12.3 Å². The quantitative estimate of drug-likeness (QED) is 0.201. The summed E-state index contributed by atoms with van der Waals surface area (Å²) in [6.07, 6.45) is 1.19. The lowest BCUT2D eigenvalue weighted by atomic mass is 9.88. The second-order valence-electron chi connectivity index (χ2n) is 9.38. The number of rotatable bonds is 9. The highest BCUT2D eigenvalue weighted by atomic mass is 31.2. The molecule has 2 N–H and O–H groups in total. The molecule has 0 aromatic heterocycles. The molecule has 5 aromatic rings. The van der Waals surface area contributed by atoms with E-state index in [-0.39, 0.29) is 7.57 Å². The Bertz CT molecular complexity index is 1260. The third kappa shape index (κ3) is 5.24. The van der Waals surface area contributed by atoms with E-state index in [4.69, 9.17) is 0 Å². The van der Waals surface area contributed by atoms with Crippen molar-refractivity contribution in [1.82, 2.24) is 0 Å². The van der Waals surface area contributed by atoms with Crippen molar-refractivity contribution in [2.75, 3.05) is 12.3 Å². The number of hydrogen-bond acceptors (Lipinski definition) is 2. The maximum absolute atomic E-state index is 12.7. The van der Waals surface area contributed by atoms with Crippen LogP contribution in [0.2, 0.25) is 0 Å². The molecule has 0 spiro atoms. The number of aliphatic hydroxyl groups is 2. The van der Waals surface area contributed by atoms with Gasteiger partial charge in [-0.3, -0.25) is 0 Å². The van der Waals surface area contributed by atoms with Crippen LogP contribution in [-0.2, 0) is 11.2 Å². The first-order valence-electron chi connectivity index (χ1n) is 12.6. The van der Waals surface area contributed by atoms with E-state index in [0.29, 0.717) is 12.3 Å². The summed E-state index contributed by atoms with van der Waals surface area (Å²) in [5.41, 5.74) is 1.26. The molecule has 0 aliphatic heterocycles. The summed E-state index contributed by atoms with van der Waals surface area (Å²) >= 11 is 0. The maximum Gasteiger partial charge on any atom is 0.144 e. The minimum absolute atomic E-state index is 0.355. The summed E-state index contributed by atoms with van der Waals surface area (Å²) < 4.78 is 0. The van der Waals surface area contributed by atoms with E-state index in [9.17, 15) is 10.2 Å². The standard InChI is InChI=1S/C34H34BO2P/c35-38(32-24-14-5-15-25-32,26-33(36,28-16-6-1-7-17-28)29-18-8-2-9-19-29)27-34(37,30-20-10-3-11-21-30)31-22-12-4-13-23-31/h1-25,36-37H,26-27H2,35H3. The zero-order valence-corrected chi connectivity index (χ0v) is 21.6. The van der Waals surface area contributed by atoms with E-state index in [2.05, 4.69) is 30.3 Å². The molecule has 0 fully saturated rings. The van der Waals surface area contributed by atoms with Crippen LogP contribution in [0.1, 0.15) is 22.3 Å². The predicted molar refractivity (Wildman–Crippen MR) is 164 cm³/mol. The van der Waals surface area contributed by atoms with Gasteiger partial charge in [-0.15, -0.1) is 7.14 Å². The highest BCUT2D eigenvalue weighted by Crippen LogP contribution is 2.61. The van der Waals surface area contributed by atoms with Gasteiger partial charge in [-0.1, -0.05) is 140 Å². The summed E-state index contributed by atoms with van der Waals surface area (Å²) in [5.74, 6) is 0. The molecule has 0 aliphatic carbocycles. The Morgan fingerprint density at radius 3 is 0.921 bits per heavy atom. The molecule has 190 valence electrons. The molecule has 0 amide bonds. The highest BCUT2D eigenvalue weighted by molar-refractivity contribution is 8.03. The Balaban J connectivity index is 1.69. The molecule has 0 unspecified atom stereocenters. The van der Waals surface area contributed by atoms with Crippen molar-refractivity contribution in [3.63, 3.8) is 0 Å². The van der Waals surface area contributed by atoms with E-state index in [1.165, 1.54) is 5.30 Å². The molecule has 0 aliphatic rings. The van der Waals surface area contributed by atoms with Crippen LogP contribution in [-0.4, -0.2) is 30.1 Å². The van der Waals surface area contributed by atoms with E-state index in [0.717, 1.165) is 22.3 Å². The lowest BCUT2D eigenvalue weighted by Gasteiger charge is -2.43. The van der Waals surface area contributed by atoms with Crippen molar-refractivity contribution in [3.05, 3.63) is 174 Å². The second-order valence-corrected chi connectivity index (χ2v) is 11.6. The van der Waals surface area contributed by atoms with Crippen LogP contribution < -0.4 is 5.30 Å². The zero-order valence-electron chi connectivity index (χ0n) is 20.7. The Labute approximate surface area is 227 Å². The van der Waals surface area contributed by atoms with Crippen LogP contribution in [0.25, 0.3) is 0 Å². The molecule has 5 aromatic carbocycles. The SMILES string of the molecule is [BH3-][P+](CC(O)(c1ccccc1)c1ccccc1)(CC(O)(c1ccccc1)c1ccccc1)c1ccccc1. The summed E-state index contributed by atoms with van der Waals surface area (Å²) in [5, 5.41) is 26.6. The average Bonchev–Trinajstić information content (AvgIpc) is 2.99. The van der Waals surface area contributed by atoms with Crippen molar-refractivity contribution in [3.8, 4) is 0 Å². The first-order valence-corrected chi connectivity index (χ1v) is 14.3. The van der Waals surface area contributed by atoms with Crippen LogP contribution in [0.15, 0.2) is 152 Å². The van der Waals surface area contributed by atoms with E-state index >= 15 is 0 Å². The zero-order chi connectivity index (χ0) is 26.5. The van der Waals surface area contributed by atoms with Gasteiger partial charge in [0, 0.05) is 5.30 Å². The van der Waals surface area contributed by atoms with Crippen molar-refractivity contribution in [2.24, 2.45) is 0 Å². The second kappa shape index (κ2) is 11.1. The van der Waals surface area contributed by atoms with Gasteiger partial charge in [-0.2, -0.15) is 0 Å². The monoisotopic (exact) mass is 516 g/mol. The van der Waals surface area contributed by atoms with Gasteiger partial charge in [0.2, 0.25) is 0 Å². The topological polar surface area (TPSA) is 40.5 Å². The lowest BCUT2D eigenvalue weighted by Crippen LogP contribution is -2.41. The highest BCUT2D eigenvalue weighted by Gasteiger charge is 2.47. The van der Waals surface area contributed by atoms with Crippen molar-refractivity contribution in [2.45, 2.75) is 11.2 Å². The molecule has 4 heteroatoms. The summed E-state index contributed by atoms with van der Waals surface area (Å²) in [6, 6.07) is 50.9. The third-order valence-corrected chi connectivity index (χ3v) is 9.67. The molecule has 0 saturated carbocycles. The van der Waals surface area contributed by atoms with E-state index < -0.39 is 18.3 Å². The maximum atomic E-state index is 12.7. The van der Waals surface area contributed by atoms with Crippen LogP contribution in [0.4, 0.5) is 0 Å². The fourth-order valence-electron chi connectivity index (χ4n) is 4.98. The molecule has 0 atom stereocenters. The van der Waals surface area contributed by atoms with Crippen LogP contribution in [0.3, 0.4) is 0 Å².